The third-order valence-corrected chi connectivity index (χ3v) is 3.96. The summed E-state index contributed by atoms with van der Waals surface area (Å²) in [6.45, 7) is 1.11. The normalized spacial score (nSPS) is 16.5. The summed E-state index contributed by atoms with van der Waals surface area (Å²) < 4.78 is 10.9. The number of rotatable bonds is 5. The van der Waals surface area contributed by atoms with Gasteiger partial charge in [0.2, 0.25) is 11.8 Å². The van der Waals surface area contributed by atoms with Gasteiger partial charge in [-0.15, -0.1) is 0 Å². The van der Waals surface area contributed by atoms with Crippen molar-refractivity contribution in [2.45, 2.75) is 25.5 Å². The quantitative estimate of drug-likeness (QED) is 0.921. The SMILES string of the molecule is COc1cc(CNC(=O)C[C@@H]2OCCc3ccccc32)ccn1. The second-order valence-electron chi connectivity index (χ2n) is 5.50. The number of hydrogen-bond acceptors (Lipinski definition) is 4. The highest BCUT2D eigenvalue weighted by molar-refractivity contribution is 5.76. The molecule has 1 amide bonds. The van der Waals surface area contributed by atoms with E-state index in [2.05, 4.69) is 16.4 Å². The van der Waals surface area contributed by atoms with Gasteiger partial charge in [-0.05, 0) is 29.2 Å². The Hall–Kier alpha value is -2.40. The molecule has 1 aliphatic heterocycles. The highest BCUT2D eigenvalue weighted by atomic mass is 16.5. The maximum atomic E-state index is 12.2. The molecule has 1 N–H and O–H groups in total. The number of nitrogens with one attached hydrogen (secondary N) is 1. The van der Waals surface area contributed by atoms with Crippen LogP contribution in [0.4, 0.5) is 0 Å². The molecule has 1 aromatic heterocycles. The lowest BCUT2D eigenvalue weighted by Gasteiger charge is -2.25. The standard InChI is InChI=1S/C18H20N2O3/c1-22-18-10-13(6-8-19-18)12-20-17(21)11-16-15-5-3-2-4-14(15)7-9-23-16/h2-6,8,10,16H,7,9,11-12H2,1H3,(H,20,21)/t16-/m0/s1. The van der Waals surface area contributed by atoms with Crippen molar-refractivity contribution < 1.29 is 14.3 Å². The fraction of sp³-hybridized carbons (Fsp3) is 0.333. The summed E-state index contributed by atoms with van der Waals surface area (Å²) in [4.78, 5) is 16.3. The van der Waals surface area contributed by atoms with E-state index in [1.54, 1.807) is 13.3 Å². The number of hydrogen-bond donors (Lipinski definition) is 1. The highest BCUT2D eigenvalue weighted by Crippen LogP contribution is 2.29. The summed E-state index contributed by atoms with van der Waals surface area (Å²) in [6, 6.07) is 11.8. The molecule has 0 radical (unpaired) electrons. The van der Waals surface area contributed by atoms with Gasteiger partial charge in [0, 0.05) is 18.8 Å². The predicted octanol–water partition coefficient (Wildman–Crippen LogP) is 2.41. The molecule has 0 bridgehead atoms. The molecular formula is C18H20N2O3. The number of methoxy groups -OCH3 is 1. The first kappa shape index (κ1) is 15.5. The number of nitrogens with zero attached hydrogens (tertiary/aromatic N) is 1. The largest absolute Gasteiger partial charge is 0.481 e. The van der Waals surface area contributed by atoms with E-state index in [1.165, 1.54) is 5.56 Å². The molecule has 0 spiro atoms. The van der Waals surface area contributed by atoms with Crippen molar-refractivity contribution in [3.8, 4) is 5.88 Å². The minimum Gasteiger partial charge on any atom is -0.481 e. The Labute approximate surface area is 135 Å². The van der Waals surface area contributed by atoms with Gasteiger partial charge in [0.25, 0.3) is 0 Å². The van der Waals surface area contributed by atoms with E-state index in [9.17, 15) is 4.79 Å². The molecule has 5 heteroatoms. The van der Waals surface area contributed by atoms with Crippen molar-refractivity contribution in [1.82, 2.24) is 10.3 Å². The fourth-order valence-corrected chi connectivity index (χ4v) is 2.76. The van der Waals surface area contributed by atoms with Crippen molar-refractivity contribution >= 4 is 5.91 Å². The van der Waals surface area contributed by atoms with Crippen LogP contribution in [-0.2, 0) is 22.5 Å². The molecule has 1 atom stereocenters. The van der Waals surface area contributed by atoms with Crippen molar-refractivity contribution in [3.63, 3.8) is 0 Å². The number of aromatic nitrogens is 1. The summed E-state index contributed by atoms with van der Waals surface area (Å²) in [5.74, 6) is 0.517. The lowest BCUT2D eigenvalue weighted by molar-refractivity contribution is -0.124. The number of fused-ring (bicyclic) bond motifs is 1. The average molecular weight is 312 g/mol. The third kappa shape index (κ3) is 3.87. The molecule has 5 nitrogen and oxygen atoms in total. The van der Waals surface area contributed by atoms with Crippen LogP contribution in [-0.4, -0.2) is 24.6 Å². The van der Waals surface area contributed by atoms with Gasteiger partial charge in [-0.25, -0.2) is 4.98 Å². The van der Waals surface area contributed by atoms with Gasteiger partial charge >= 0.3 is 0 Å². The molecule has 0 unspecified atom stereocenters. The Morgan fingerprint density at radius 2 is 2.26 bits per heavy atom. The van der Waals surface area contributed by atoms with Gasteiger partial charge in [0.15, 0.2) is 0 Å². The van der Waals surface area contributed by atoms with Gasteiger partial charge in [0.1, 0.15) is 0 Å². The molecule has 120 valence electrons. The van der Waals surface area contributed by atoms with Crippen LogP contribution in [0.5, 0.6) is 5.88 Å². The van der Waals surface area contributed by atoms with Crippen LogP contribution in [0.2, 0.25) is 0 Å². The maximum absolute atomic E-state index is 12.2. The second kappa shape index (κ2) is 7.24. The number of benzene rings is 1. The van der Waals surface area contributed by atoms with Crippen molar-refractivity contribution in [2.75, 3.05) is 13.7 Å². The average Bonchev–Trinajstić information content (AvgIpc) is 2.60. The molecule has 1 aromatic carbocycles. The van der Waals surface area contributed by atoms with E-state index in [-0.39, 0.29) is 12.0 Å². The molecule has 1 aliphatic rings. The molecule has 23 heavy (non-hydrogen) atoms. The highest BCUT2D eigenvalue weighted by Gasteiger charge is 2.22. The van der Waals surface area contributed by atoms with E-state index in [0.29, 0.717) is 25.5 Å². The van der Waals surface area contributed by atoms with Crippen molar-refractivity contribution in [2.24, 2.45) is 0 Å². The molecule has 2 aromatic rings. The van der Waals surface area contributed by atoms with E-state index in [0.717, 1.165) is 17.5 Å². The summed E-state index contributed by atoms with van der Waals surface area (Å²) >= 11 is 0. The van der Waals surface area contributed by atoms with Crippen LogP contribution in [0, 0.1) is 0 Å². The van der Waals surface area contributed by atoms with Gasteiger partial charge in [-0.1, -0.05) is 24.3 Å². The summed E-state index contributed by atoms with van der Waals surface area (Å²) in [5.41, 5.74) is 3.35. The monoisotopic (exact) mass is 312 g/mol. The van der Waals surface area contributed by atoms with Crippen LogP contribution < -0.4 is 10.1 Å². The Morgan fingerprint density at radius 3 is 3.13 bits per heavy atom. The lowest BCUT2D eigenvalue weighted by atomic mass is 9.95. The van der Waals surface area contributed by atoms with E-state index < -0.39 is 0 Å². The van der Waals surface area contributed by atoms with Gasteiger partial charge in [-0.2, -0.15) is 0 Å². The first-order chi connectivity index (χ1) is 11.3. The summed E-state index contributed by atoms with van der Waals surface area (Å²) in [6.07, 6.45) is 2.75. The molecule has 0 aliphatic carbocycles. The predicted molar refractivity (Wildman–Crippen MR) is 86.1 cm³/mol. The number of amides is 1. The molecule has 0 saturated heterocycles. The molecule has 2 heterocycles. The van der Waals surface area contributed by atoms with Crippen molar-refractivity contribution in [1.29, 1.82) is 0 Å². The smallest absolute Gasteiger partial charge is 0.223 e. The third-order valence-electron chi connectivity index (χ3n) is 3.96. The Bertz CT molecular complexity index is 687. The second-order valence-corrected chi connectivity index (χ2v) is 5.50. The van der Waals surface area contributed by atoms with E-state index in [1.807, 2.05) is 30.3 Å². The first-order valence-electron chi connectivity index (χ1n) is 7.71. The minimum absolute atomic E-state index is 0.0255. The Morgan fingerprint density at radius 1 is 1.39 bits per heavy atom. The molecule has 0 saturated carbocycles. The van der Waals surface area contributed by atoms with Crippen LogP contribution in [0.15, 0.2) is 42.6 Å². The fourth-order valence-electron chi connectivity index (χ4n) is 2.76. The summed E-state index contributed by atoms with van der Waals surface area (Å²) in [7, 11) is 1.57. The van der Waals surface area contributed by atoms with Gasteiger partial charge in [-0.3, -0.25) is 4.79 Å². The van der Waals surface area contributed by atoms with Gasteiger partial charge in [0.05, 0.1) is 26.2 Å². The van der Waals surface area contributed by atoms with Crippen LogP contribution in [0.25, 0.3) is 0 Å². The molecule has 0 fully saturated rings. The topological polar surface area (TPSA) is 60.5 Å². The Kier molecular flexibility index (Phi) is 4.88. The zero-order chi connectivity index (χ0) is 16.1. The lowest BCUT2D eigenvalue weighted by Crippen LogP contribution is -2.27. The molecular weight excluding hydrogens is 292 g/mol. The molecule has 3 rings (SSSR count). The van der Waals surface area contributed by atoms with Crippen LogP contribution in [0.3, 0.4) is 0 Å². The minimum atomic E-state index is -0.160. The van der Waals surface area contributed by atoms with Gasteiger partial charge < -0.3 is 14.8 Å². The van der Waals surface area contributed by atoms with E-state index >= 15 is 0 Å². The number of carbonyl (C=O) groups is 1. The Balaban J connectivity index is 1.58. The van der Waals surface area contributed by atoms with Crippen molar-refractivity contribution in [3.05, 3.63) is 59.3 Å². The number of ether oxygens (including phenoxy) is 2. The first-order valence-corrected chi connectivity index (χ1v) is 7.71. The summed E-state index contributed by atoms with van der Waals surface area (Å²) in [5, 5.41) is 2.93. The maximum Gasteiger partial charge on any atom is 0.223 e. The van der Waals surface area contributed by atoms with E-state index in [4.69, 9.17) is 9.47 Å². The van der Waals surface area contributed by atoms with Crippen LogP contribution in [0.1, 0.15) is 29.2 Å². The zero-order valence-electron chi connectivity index (χ0n) is 13.1. The number of pyridine rings is 1. The number of carbonyl (C=O) groups excluding carboxylic acids is 1. The zero-order valence-corrected chi connectivity index (χ0v) is 13.1. The van der Waals surface area contributed by atoms with Crippen LogP contribution >= 0.6 is 0 Å².